The molecule has 2 amide bonds. The number of imidazole rings is 1. The van der Waals surface area contributed by atoms with E-state index in [4.69, 9.17) is 0 Å². The van der Waals surface area contributed by atoms with Crippen molar-refractivity contribution in [2.75, 3.05) is 26.2 Å². The Balaban J connectivity index is 1.48. The van der Waals surface area contributed by atoms with Crippen molar-refractivity contribution in [2.24, 2.45) is 0 Å². The van der Waals surface area contributed by atoms with E-state index >= 15 is 0 Å². The molecule has 1 fully saturated rings. The van der Waals surface area contributed by atoms with Crippen LogP contribution in [0.1, 0.15) is 26.5 Å². The summed E-state index contributed by atoms with van der Waals surface area (Å²) >= 11 is 1.43. The highest BCUT2D eigenvalue weighted by atomic mass is 32.1. The predicted molar refractivity (Wildman–Crippen MR) is 99.7 cm³/mol. The van der Waals surface area contributed by atoms with Crippen LogP contribution in [0.15, 0.2) is 40.5 Å². The number of hydrogen-bond donors (Lipinski definition) is 2. The summed E-state index contributed by atoms with van der Waals surface area (Å²) in [6, 6.07) is 8.83. The second kappa shape index (κ2) is 6.80. The van der Waals surface area contributed by atoms with Gasteiger partial charge < -0.3 is 19.8 Å². The third-order valence-electron chi connectivity index (χ3n) is 4.57. The quantitative estimate of drug-likeness (QED) is 0.722. The molecule has 0 spiro atoms. The monoisotopic (exact) mass is 370 g/mol. The number of thiophene rings is 1. The van der Waals surface area contributed by atoms with Crippen LogP contribution in [0.2, 0.25) is 0 Å². The molecule has 3 heterocycles. The summed E-state index contributed by atoms with van der Waals surface area (Å²) in [5.74, 6) is -0.0556. The average Bonchev–Trinajstić information content (AvgIpc) is 3.23. The molecule has 7 nitrogen and oxygen atoms in total. The summed E-state index contributed by atoms with van der Waals surface area (Å²) < 4.78 is 0. The van der Waals surface area contributed by atoms with Gasteiger partial charge in [-0.05, 0) is 36.1 Å². The number of H-pyrrole nitrogens is 2. The van der Waals surface area contributed by atoms with Crippen molar-refractivity contribution in [3.8, 4) is 0 Å². The summed E-state index contributed by atoms with van der Waals surface area (Å²) in [7, 11) is 0. The van der Waals surface area contributed by atoms with Gasteiger partial charge in [-0.25, -0.2) is 4.79 Å². The van der Waals surface area contributed by atoms with Gasteiger partial charge >= 0.3 is 5.69 Å². The van der Waals surface area contributed by atoms with Gasteiger partial charge in [0, 0.05) is 31.7 Å². The predicted octanol–water partition coefficient (Wildman–Crippen LogP) is 1.91. The Bertz CT molecular complexity index is 1010. The molecule has 0 radical (unpaired) electrons. The van der Waals surface area contributed by atoms with Crippen LogP contribution >= 0.6 is 11.3 Å². The standard InChI is InChI=1S/C18H18N4O3S/c23-16(12-4-5-13-14(11-12)20-18(25)19-13)21-6-2-7-22(9-8-21)17(24)15-3-1-10-26-15/h1,3-5,10-11H,2,6-9H2,(H2,19,20,25). The largest absolute Gasteiger partial charge is 0.337 e. The second-order valence-electron chi connectivity index (χ2n) is 6.25. The van der Waals surface area contributed by atoms with Gasteiger partial charge in [-0.3, -0.25) is 9.59 Å². The minimum atomic E-state index is -0.290. The number of aromatic nitrogens is 2. The molecule has 2 aromatic heterocycles. The van der Waals surface area contributed by atoms with Crippen LogP contribution in [0.4, 0.5) is 0 Å². The van der Waals surface area contributed by atoms with E-state index in [0.717, 1.165) is 11.3 Å². The molecule has 0 unspecified atom stereocenters. The van der Waals surface area contributed by atoms with Crippen molar-refractivity contribution < 1.29 is 9.59 Å². The Labute approximate surface area is 153 Å². The Morgan fingerprint density at radius 2 is 1.65 bits per heavy atom. The molecule has 0 aliphatic carbocycles. The molecule has 0 saturated carbocycles. The number of carbonyl (C=O) groups is 2. The maximum atomic E-state index is 12.8. The first-order valence-corrected chi connectivity index (χ1v) is 9.34. The number of benzene rings is 1. The van der Waals surface area contributed by atoms with Crippen LogP contribution in [-0.2, 0) is 0 Å². The van der Waals surface area contributed by atoms with Gasteiger partial charge in [0.15, 0.2) is 0 Å². The van der Waals surface area contributed by atoms with E-state index in [2.05, 4.69) is 9.97 Å². The first kappa shape index (κ1) is 16.6. The molecule has 0 atom stereocenters. The van der Waals surface area contributed by atoms with Crippen molar-refractivity contribution >= 4 is 34.2 Å². The lowest BCUT2D eigenvalue weighted by Crippen LogP contribution is -2.37. The third kappa shape index (κ3) is 3.15. The summed E-state index contributed by atoms with van der Waals surface area (Å²) in [6.07, 6.45) is 0.742. The van der Waals surface area contributed by atoms with E-state index in [1.165, 1.54) is 11.3 Å². The number of nitrogens with zero attached hydrogens (tertiary/aromatic N) is 2. The summed E-state index contributed by atoms with van der Waals surface area (Å²) in [4.78, 5) is 46.4. The second-order valence-corrected chi connectivity index (χ2v) is 7.20. The lowest BCUT2D eigenvalue weighted by atomic mass is 10.1. The van der Waals surface area contributed by atoms with Crippen LogP contribution in [0.25, 0.3) is 11.0 Å². The third-order valence-corrected chi connectivity index (χ3v) is 5.42. The zero-order valence-corrected chi connectivity index (χ0v) is 14.8. The minimum absolute atomic E-state index is 0.0283. The van der Waals surface area contributed by atoms with Crippen LogP contribution in [0.5, 0.6) is 0 Å². The fourth-order valence-corrected chi connectivity index (χ4v) is 3.92. The topological polar surface area (TPSA) is 89.3 Å². The van der Waals surface area contributed by atoms with Gasteiger partial charge in [0.25, 0.3) is 11.8 Å². The molecule has 2 N–H and O–H groups in total. The van der Waals surface area contributed by atoms with Crippen molar-refractivity contribution in [1.29, 1.82) is 0 Å². The zero-order chi connectivity index (χ0) is 18.1. The summed E-state index contributed by atoms with van der Waals surface area (Å²) in [5.41, 5.74) is 1.54. The van der Waals surface area contributed by atoms with Crippen molar-refractivity contribution in [1.82, 2.24) is 19.8 Å². The van der Waals surface area contributed by atoms with Gasteiger partial charge in [-0.2, -0.15) is 0 Å². The Morgan fingerprint density at radius 3 is 2.38 bits per heavy atom. The lowest BCUT2D eigenvalue weighted by Gasteiger charge is -2.22. The van der Waals surface area contributed by atoms with Gasteiger partial charge in [-0.15, -0.1) is 11.3 Å². The molecule has 1 aromatic carbocycles. The minimum Gasteiger partial charge on any atom is -0.337 e. The fourth-order valence-electron chi connectivity index (χ4n) is 3.23. The van der Waals surface area contributed by atoms with E-state index in [9.17, 15) is 14.4 Å². The number of nitrogens with one attached hydrogen (secondary N) is 2. The first-order valence-electron chi connectivity index (χ1n) is 8.46. The van der Waals surface area contributed by atoms with E-state index in [1.807, 2.05) is 22.4 Å². The van der Waals surface area contributed by atoms with Gasteiger partial charge in [0.1, 0.15) is 0 Å². The SMILES string of the molecule is O=C(c1ccc2[nH]c(=O)[nH]c2c1)N1CCCN(C(=O)c2cccs2)CC1. The molecule has 0 bridgehead atoms. The molecular weight excluding hydrogens is 352 g/mol. The Morgan fingerprint density at radius 1 is 0.923 bits per heavy atom. The highest BCUT2D eigenvalue weighted by Gasteiger charge is 2.24. The van der Waals surface area contributed by atoms with Gasteiger partial charge in [-0.1, -0.05) is 6.07 Å². The van der Waals surface area contributed by atoms with Crippen LogP contribution in [0, 0.1) is 0 Å². The maximum Gasteiger partial charge on any atom is 0.323 e. The number of rotatable bonds is 2. The van der Waals surface area contributed by atoms with Crippen LogP contribution in [-0.4, -0.2) is 57.8 Å². The Kier molecular flexibility index (Phi) is 4.34. The maximum absolute atomic E-state index is 12.8. The van der Waals surface area contributed by atoms with Crippen molar-refractivity contribution in [3.05, 3.63) is 56.6 Å². The number of aromatic amines is 2. The molecule has 1 aliphatic heterocycles. The van der Waals surface area contributed by atoms with E-state index < -0.39 is 0 Å². The molecule has 1 saturated heterocycles. The fraction of sp³-hybridized carbons (Fsp3) is 0.278. The number of hydrogen-bond acceptors (Lipinski definition) is 4. The highest BCUT2D eigenvalue weighted by molar-refractivity contribution is 7.12. The van der Waals surface area contributed by atoms with E-state index in [1.54, 1.807) is 23.1 Å². The number of amides is 2. The highest BCUT2D eigenvalue weighted by Crippen LogP contribution is 2.16. The van der Waals surface area contributed by atoms with Gasteiger partial charge in [0.2, 0.25) is 0 Å². The zero-order valence-electron chi connectivity index (χ0n) is 14.0. The van der Waals surface area contributed by atoms with Crippen molar-refractivity contribution in [2.45, 2.75) is 6.42 Å². The van der Waals surface area contributed by atoms with Crippen LogP contribution in [0.3, 0.4) is 0 Å². The molecular formula is C18H18N4O3S. The molecule has 26 heavy (non-hydrogen) atoms. The molecule has 3 aromatic rings. The van der Waals surface area contributed by atoms with E-state index in [-0.39, 0.29) is 17.5 Å². The van der Waals surface area contributed by atoms with Crippen LogP contribution < -0.4 is 5.69 Å². The van der Waals surface area contributed by atoms with E-state index in [0.29, 0.717) is 42.8 Å². The molecule has 4 rings (SSSR count). The van der Waals surface area contributed by atoms with Gasteiger partial charge in [0.05, 0.1) is 15.9 Å². The molecule has 8 heteroatoms. The number of carbonyl (C=O) groups excluding carboxylic acids is 2. The smallest absolute Gasteiger partial charge is 0.323 e. The molecule has 1 aliphatic rings. The van der Waals surface area contributed by atoms with Crippen molar-refractivity contribution in [3.63, 3.8) is 0 Å². The Hall–Kier alpha value is -2.87. The average molecular weight is 370 g/mol. The summed E-state index contributed by atoms with van der Waals surface area (Å²) in [6.45, 7) is 2.27. The first-order chi connectivity index (χ1) is 12.6. The lowest BCUT2D eigenvalue weighted by molar-refractivity contribution is 0.0721. The number of fused-ring (bicyclic) bond motifs is 1. The normalized spacial score (nSPS) is 15.2. The molecule has 134 valence electrons. The summed E-state index contributed by atoms with van der Waals surface area (Å²) in [5, 5.41) is 1.89.